The van der Waals surface area contributed by atoms with Crippen LogP contribution in [0.2, 0.25) is 0 Å². The lowest BCUT2D eigenvalue weighted by Gasteiger charge is -2.40. The van der Waals surface area contributed by atoms with Crippen LogP contribution in [0.4, 0.5) is 22.7 Å². The second kappa shape index (κ2) is 16.6. The molecule has 0 aromatic heterocycles. The van der Waals surface area contributed by atoms with Crippen LogP contribution in [0, 0.1) is 30.9 Å². The largest absolute Gasteiger partial charge is 0.378 e. The first-order valence-electron chi connectivity index (χ1n) is 17.0. The van der Waals surface area contributed by atoms with E-state index in [1.807, 2.05) is 0 Å². The van der Waals surface area contributed by atoms with Crippen molar-refractivity contribution in [3.05, 3.63) is 111 Å². The zero-order valence-electron chi connectivity index (χ0n) is 30.3. The minimum absolute atomic E-state index is 0.00312. The molecule has 1 atom stereocenters. The molecule has 4 aromatic carbocycles. The summed E-state index contributed by atoms with van der Waals surface area (Å²) in [7, 11) is -14.3. The van der Waals surface area contributed by atoms with Gasteiger partial charge in [-0.05, 0) is 85.8 Å². The van der Waals surface area contributed by atoms with E-state index in [9.17, 15) is 49.0 Å². The molecule has 1 saturated heterocycles. The molecule has 3 N–H and O–H groups in total. The van der Waals surface area contributed by atoms with Crippen LogP contribution in [-0.2, 0) is 41.5 Å². The van der Waals surface area contributed by atoms with Gasteiger partial charge in [0.1, 0.15) is 14.7 Å². The van der Waals surface area contributed by atoms with Gasteiger partial charge in [-0.25, -0.2) is 0 Å². The Hall–Kier alpha value is -4.63. The topological polar surface area (TPSA) is 225 Å². The normalized spacial score (nSPS) is 16.7. The number of hydrogen-bond acceptors (Lipinski definition) is 12. The minimum Gasteiger partial charge on any atom is -0.378 e. The van der Waals surface area contributed by atoms with E-state index >= 15 is 0 Å². The summed E-state index contributed by atoms with van der Waals surface area (Å²) in [6.07, 6.45) is 0.120. The van der Waals surface area contributed by atoms with Crippen molar-refractivity contribution >= 4 is 53.1 Å². The Morgan fingerprint density at radius 3 is 1.56 bits per heavy atom. The van der Waals surface area contributed by atoms with E-state index < -0.39 is 46.2 Å². The van der Waals surface area contributed by atoms with Crippen molar-refractivity contribution in [2.45, 2.75) is 47.9 Å². The van der Waals surface area contributed by atoms with Gasteiger partial charge in [0.25, 0.3) is 36.0 Å². The number of nitrogens with zero attached hydrogens (tertiary/aromatic N) is 4. The van der Waals surface area contributed by atoms with Crippen molar-refractivity contribution in [3.63, 3.8) is 0 Å². The number of benzene rings is 4. The second-order valence-corrected chi connectivity index (χ2v) is 17.5. The molecule has 1 unspecified atom stereocenters. The fourth-order valence-corrected chi connectivity index (χ4v) is 8.72. The summed E-state index contributed by atoms with van der Waals surface area (Å²) in [5.74, 6) is 0. The molecular formula is C36H42N4O12S3. The molecule has 0 aliphatic carbocycles. The highest BCUT2D eigenvalue weighted by atomic mass is 32.2. The maximum atomic E-state index is 12.8. The summed E-state index contributed by atoms with van der Waals surface area (Å²) < 4.78 is 113. The lowest BCUT2D eigenvalue weighted by molar-refractivity contribution is -0.384. The molecule has 5 rings (SSSR count). The molecule has 1 heterocycles. The molecule has 1 fully saturated rings. The predicted octanol–water partition coefficient (Wildman–Crippen LogP) is 4.72. The Labute approximate surface area is 320 Å². The van der Waals surface area contributed by atoms with Crippen LogP contribution in [0.5, 0.6) is 0 Å². The second-order valence-electron chi connectivity index (χ2n) is 13.4. The first-order valence-corrected chi connectivity index (χ1v) is 21.4. The highest BCUT2D eigenvalue weighted by molar-refractivity contribution is 7.86. The third-order valence-electron chi connectivity index (χ3n) is 9.28. The lowest BCUT2D eigenvalue weighted by Crippen LogP contribution is -2.50. The Morgan fingerprint density at radius 1 is 0.636 bits per heavy atom. The number of hydrogen-bond donors (Lipinski definition) is 3. The number of anilines is 3. The summed E-state index contributed by atoms with van der Waals surface area (Å²) in [5, 5.41) is 11.5. The fraction of sp³-hybridized carbons (Fsp3) is 0.333. The van der Waals surface area contributed by atoms with Gasteiger partial charge in [-0.3, -0.25) is 23.8 Å². The number of ether oxygens (including phenoxy) is 1. The quantitative estimate of drug-likeness (QED) is 0.118. The molecule has 0 saturated carbocycles. The van der Waals surface area contributed by atoms with E-state index in [1.54, 1.807) is 71.9 Å². The molecule has 19 heteroatoms. The number of non-ortho nitro benzene ring substituents is 1. The van der Waals surface area contributed by atoms with Crippen LogP contribution in [0.3, 0.4) is 0 Å². The summed E-state index contributed by atoms with van der Waals surface area (Å²) in [4.78, 5) is 14.9. The van der Waals surface area contributed by atoms with Crippen LogP contribution in [0.1, 0.15) is 22.3 Å². The number of rotatable bonds is 9. The van der Waals surface area contributed by atoms with Crippen molar-refractivity contribution in [3.8, 4) is 0 Å². The van der Waals surface area contributed by atoms with Crippen molar-refractivity contribution in [1.82, 2.24) is 0 Å². The SMILES string of the molecule is Cc1ccc(S(=O)(=O)O)c(N2CCOCCN(c3cc(C)ccc3S(=O)(=O)O)C(Cc3ccc([N+](=O)[O-])cc3)CN(c3cc(C)ccc3S(=O)(=O)O)CC2)c1. The first-order chi connectivity index (χ1) is 25.7. The molecule has 0 amide bonds. The third-order valence-corrected chi connectivity index (χ3v) is 12.0. The van der Waals surface area contributed by atoms with E-state index in [0.29, 0.717) is 22.3 Å². The molecule has 0 radical (unpaired) electrons. The Balaban J connectivity index is 1.72. The monoisotopic (exact) mass is 818 g/mol. The van der Waals surface area contributed by atoms with Gasteiger partial charge in [-0.2, -0.15) is 25.3 Å². The minimum atomic E-state index is -4.81. The molecule has 55 heavy (non-hydrogen) atoms. The Morgan fingerprint density at radius 2 is 1.07 bits per heavy atom. The van der Waals surface area contributed by atoms with Crippen LogP contribution >= 0.6 is 0 Å². The number of nitro benzene ring substituents is 1. The molecular weight excluding hydrogens is 777 g/mol. The summed E-state index contributed by atoms with van der Waals surface area (Å²) >= 11 is 0. The van der Waals surface area contributed by atoms with Crippen molar-refractivity contribution < 1.29 is 48.6 Å². The summed E-state index contributed by atoms with van der Waals surface area (Å²) in [6.45, 7) is 5.40. The van der Waals surface area contributed by atoms with Crippen molar-refractivity contribution in [2.24, 2.45) is 0 Å². The lowest BCUT2D eigenvalue weighted by atomic mass is 10.0. The highest BCUT2D eigenvalue weighted by Gasteiger charge is 2.31. The smallest absolute Gasteiger partial charge is 0.296 e. The molecule has 0 spiro atoms. The van der Waals surface area contributed by atoms with Gasteiger partial charge in [0.05, 0.1) is 41.2 Å². The van der Waals surface area contributed by atoms with E-state index in [2.05, 4.69) is 0 Å². The maximum Gasteiger partial charge on any atom is 0.296 e. The summed E-state index contributed by atoms with van der Waals surface area (Å²) in [6, 6.07) is 18.2. The number of nitro groups is 1. The van der Waals surface area contributed by atoms with Crippen molar-refractivity contribution in [1.29, 1.82) is 0 Å². The van der Waals surface area contributed by atoms with Crippen molar-refractivity contribution in [2.75, 3.05) is 60.6 Å². The first kappa shape index (κ1) is 41.5. The average molecular weight is 819 g/mol. The highest BCUT2D eigenvalue weighted by Crippen LogP contribution is 2.33. The Kier molecular flexibility index (Phi) is 12.5. The predicted molar refractivity (Wildman–Crippen MR) is 206 cm³/mol. The standard InChI is InChI=1S/C36H42N4O12S3/c1-25-4-11-34(53(43,44)45)31(20-25)37-14-15-38(32-21-26(2)5-12-35(32)54(46,47)48)24-30(23-28-7-9-29(10-8-28)40(41)42)39(17-19-52-18-16-37)33-22-27(3)6-13-36(33)55(49,50)51/h4-13,20-22,30H,14-19,23-24H2,1-3H3,(H,43,44,45)(H,46,47,48)(H,49,50,51). The van der Waals surface area contributed by atoms with E-state index in [1.165, 1.54) is 42.5 Å². The molecule has 1 aliphatic heterocycles. The Bertz CT molecular complexity index is 2390. The van der Waals surface area contributed by atoms with Gasteiger partial charge in [0.2, 0.25) is 0 Å². The molecule has 16 nitrogen and oxygen atoms in total. The molecule has 4 aromatic rings. The van der Waals surface area contributed by atoms with Crippen LogP contribution in [0.15, 0.2) is 93.5 Å². The van der Waals surface area contributed by atoms with Gasteiger partial charge in [0.15, 0.2) is 0 Å². The third kappa shape index (κ3) is 10.4. The van der Waals surface area contributed by atoms with Gasteiger partial charge in [-0.1, -0.05) is 30.3 Å². The maximum absolute atomic E-state index is 12.8. The van der Waals surface area contributed by atoms with Gasteiger partial charge in [-0.15, -0.1) is 0 Å². The zero-order valence-corrected chi connectivity index (χ0v) is 32.7. The van der Waals surface area contributed by atoms with Gasteiger partial charge >= 0.3 is 0 Å². The van der Waals surface area contributed by atoms with Gasteiger partial charge < -0.3 is 19.4 Å². The van der Waals surface area contributed by atoms with Crippen LogP contribution in [0.25, 0.3) is 0 Å². The van der Waals surface area contributed by atoms with Crippen LogP contribution in [-0.4, -0.2) is 95.8 Å². The van der Waals surface area contributed by atoms with Gasteiger partial charge in [0, 0.05) is 44.9 Å². The fourth-order valence-electron chi connectivity index (χ4n) is 6.65. The van der Waals surface area contributed by atoms with E-state index in [4.69, 9.17) is 4.74 Å². The molecule has 1 aliphatic rings. The zero-order chi connectivity index (χ0) is 40.3. The summed E-state index contributed by atoms with van der Waals surface area (Å²) in [5.41, 5.74) is 2.87. The van der Waals surface area contributed by atoms with Crippen LogP contribution < -0.4 is 14.7 Å². The number of aryl methyl sites for hydroxylation is 3. The molecule has 0 bridgehead atoms. The average Bonchev–Trinajstić information content (AvgIpc) is 3.08. The van der Waals surface area contributed by atoms with E-state index in [-0.39, 0.29) is 84.9 Å². The molecule has 296 valence electrons. The van der Waals surface area contributed by atoms with E-state index in [0.717, 1.165) is 0 Å².